The second kappa shape index (κ2) is 11.1. The van der Waals surface area contributed by atoms with E-state index in [0.717, 1.165) is 42.6 Å². The molecule has 1 saturated carbocycles. The third-order valence-electron chi connectivity index (χ3n) is 6.37. The van der Waals surface area contributed by atoms with E-state index in [1.165, 1.54) is 12.1 Å². The fourth-order valence-corrected chi connectivity index (χ4v) is 4.49. The number of benzene rings is 2. The van der Waals surface area contributed by atoms with Gasteiger partial charge in [0.25, 0.3) is 5.91 Å². The molecular weight excluding hydrogens is 453 g/mol. The third kappa shape index (κ3) is 6.23. The first-order chi connectivity index (χ1) is 16.9. The van der Waals surface area contributed by atoms with E-state index in [1.807, 2.05) is 0 Å². The number of nitrogens with one attached hydrogen (secondary N) is 1. The van der Waals surface area contributed by atoms with Crippen molar-refractivity contribution >= 4 is 23.8 Å². The van der Waals surface area contributed by atoms with Crippen molar-refractivity contribution in [3.05, 3.63) is 71.0 Å². The first-order valence-electron chi connectivity index (χ1n) is 11.8. The van der Waals surface area contributed by atoms with Gasteiger partial charge < -0.3 is 15.0 Å². The number of urea groups is 1. The van der Waals surface area contributed by atoms with Gasteiger partial charge in [-0.15, -0.1) is 0 Å². The second-order valence-corrected chi connectivity index (χ2v) is 8.86. The second-order valence-electron chi connectivity index (χ2n) is 8.86. The maximum absolute atomic E-state index is 13.3. The topological polar surface area (TPSA) is 96.0 Å². The Morgan fingerprint density at radius 1 is 1.03 bits per heavy atom. The lowest BCUT2D eigenvalue weighted by molar-refractivity contribution is -0.138. The maximum atomic E-state index is 13.3. The summed E-state index contributed by atoms with van der Waals surface area (Å²) in [6, 6.07) is 12.1. The molecule has 1 saturated heterocycles. The first kappa shape index (κ1) is 24.4. The fourth-order valence-electron chi connectivity index (χ4n) is 4.49. The fraction of sp³-hybridized carbons (Fsp3) is 0.385. The van der Waals surface area contributed by atoms with Crippen LogP contribution in [0.5, 0.6) is 0 Å². The lowest BCUT2D eigenvalue weighted by atomic mass is 9.93. The summed E-state index contributed by atoms with van der Waals surface area (Å²) in [7, 11) is 0. The quantitative estimate of drug-likeness (QED) is 0.461. The van der Waals surface area contributed by atoms with Gasteiger partial charge >= 0.3 is 12.0 Å². The molecule has 2 fully saturated rings. The zero-order chi connectivity index (χ0) is 24.8. The summed E-state index contributed by atoms with van der Waals surface area (Å²) in [5, 5.41) is 2.45. The van der Waals surface area contributed by atoms with Gasteiger partial charge in [-0.05, 0) is 48.2 Å². The first-order valence-corrected chi connectivity index (χ1v) is 11.8. The number of imide groups is 1. The Morgan fingerprint density at radius 3 is 2.46 bits per heavy atom. The lowest BCUT2D eigenvalue weighted by Crippen LogP contribution is -2.43. The smallest absolute Gasteiger partial charge is 0.338 e. The molecule has 184 valence electrons. The van der Waals surface area contributed by atoms with E-state index in [2.05, 4.69) is 5.32 Å². The molecule has 0 atom stereocenters. The minimum Gasteiger partial charge on any atom is -0.452 e. The minimum absolute atomic E-state index is 0.0395. The van der Waals surface area contributed by atoms with Crippen LogP contribution in [0.3, 0.4) is 0 Å². The van der Waals surface area contributed by atoms with Crippen molar-refractivity contribution in [1.29, 1.82) is 0 Å². The van der Waals surface area contributed by atoms with Crippen molar-refractivity contribution in [3.63, 3.8) is 0 Å². The molecule has 1 aliphatic heterocycles. The van der Waals surface area contributed by atoms with Crippen LogP contribution in [0.1, 0.15) is 53.6 Å². The molecule has 8 nitrogen and oxygen atoms in total. The number of carbonyl (C=O) groups is 4. The molecule has 2 aliphatic rings. The highest BCUT2D eigenvalue weighted by atomic mass is 19.1. The zero-order valence-electron chi connectivity index (χ0n) is 19.4. The third-order valence-corrected chi connectivity index (χ3v) is 6.37. The SMILES string of the molecule is O=C(OCC(=O)N(Cc1ccc(F)cc1)C1CCCCC1)c1cccc(CN2C(=O)CNC2=O)c1. The van der Waals surface area contributed by atoms with Gasteiger partial charge in [-0.25, -0.2) is 14.0 Å². The van der Waals surface area contributed by atoms with Crippen molar-refractivity contribution in [1.82, 2.24) is 15.1 Å². The van der Waals surface area contributed by atoms with Crippen molar-refractivity contribution in [2.75, 3.05) is 13.2 Å². The molecule has 0 aromatic heterocycles. The summed E-state index contributed by atoms with van der Waals surface area (Å²) >= 11 is 0. The van der Waals surface area contributed by atoms with E-state index in [9.17, 15) is 23.6 Å². The number of hydrogen-bond acceptors (Lipinski definition) is 5. The molecule has 1 heterocycles. The van der Waals surface area contributed by atoms with E-state index >= 15 is 0 Å². The molecule has 0 bridgehead atoms. The van der Waals surface area contributed by atoms with Crippen molar-refractivity contribution in [2.45, 2.75) is 51.2 Å². The van der Waals surface area contributed by atoms with Crippen LogP contribution >= 0.6 is 0 Å². The van der Waals surface area contributed by atoms with Crippen molar-refractivity contribution < 1.29 is 28.3 Å². The van der Waals surface area contributed by atoms with Crippen LogP contribution < -0.4 is 5.32 Å². The van der Waals surface area contributed by atoms with Gasteiger partial charge in [0.1, 0.15) is 5.82 Å². The van der Waals surface area contributed by atoms with Gasteiger partial charge in [0, 0.05) is 12.6 Å². The summed E-state index contributed by atoms with van der Waals surface area (Å²) in [6.45, 7) is -0.0908. The van der Waals surface area contributed by atoms with Crippen molar-refractivity contribution in [3.8, 4) is 0 Å². The molecular formula is C26H28FN3O5. The Labute approximate surface area is 203 Å². The molecule has 1 aliphatic carbocycles. The number of carbonyl (C=O) groups excluding carboxylic acids is 4. The average molecular weight is 482 g/mol. The molecule has 2 aromatic rings. The Kier molecular flexibility index (Phi) is 7.74. The maximum Gasteiger partial charge on any atom is 0.338 e. The zero-order valence-corrected chi connectivity index (χ0v) is 19.4. The van der Waals surface area contributed by atoms with Gasteiger partial charge in [0.2, 0.25) is 5.91 Å². The van der Waals surface area contributed by atoms with Crippen LogP contribution in [-0.2, 0) is 27.4 Å². The number of halogens is 1. The standard InChI is InChI=1S/C26H28FN3O5/c27-21-11-9-18(10-12-21)15-29(22-7-2-1-3-8-22)24(32)17-35-25(33)20-6-4-5-19(13-20)16-30-23(31)14-28-26(30)34/h4-6,9-13,22H,1-3,7-8,14-17H2,(H,28,34). The predicted octanol–water partition coefficient (Wildman–Crippen LogP) is 3.40. The summed E-state index contributed by atoms with van der Waals surface area (Å²) in [6.07, 6.45) is 4.95. The van der Waals surface area contributed by atoms with E-state index in [-0.39, 0.29) is 42.3 Å². The van der Waals surface area contributed by atoms with E-state index in [1.54, 1.807) is 41.3 Å². The molecule has 4 amide bonds. The van der Waals surface area contributed by atoms with Gasteiger partial charge in [-0.2, -0.15) is 0 Å². The highest BCUT2D eigenvalue weighted by molar-refractivity contribution is 6.01. The number of amides is 4. The van der Waals surface area contributed by atoms with Gasteiger partial charge in [-0.1, -0.05) is 43.5 Å². The summed E-state index contributed by atoms with van der Waals surface area (Å²) in [5.74, 6) is -1.64. The summed E-state index contributed by atoms with van der Waals surface area (Å²) in [4.78, 5) is 52.2. The minimum atomic E-state index is -0.664. The number of hydrogen-bond donors (Lipinski definition) is 1. The van der Waals surface area contributed by atoms with Crippen LogP contribution in [0, 0.1) is 5.82 Å². The van der Waals surface area contributed by atoms with Gasteiger partial charge in [0.05, 0.1) is 18.7 Å². The van der Waals surface area contributed by atoms with Gasteiger partial charge in [0.15, 0.2) is 6.61 Å². The molecule has 0 spiro atoms. The molecule has 9 heteroatoms. The average Bonchev–Trinajstić information content (AvgIpc) is 3.19. The Balaban J connectivity index is 1.39. The van der Waals surface area contributed by atoms with Crippen LogP contribution in [0.25, 0.3) is 0 Å². The van der Waals surface area contributed by atoms with Crippen LogP contribution in [-0.4, -0.2) is 52.8 Å². The Bertz CT molecular complexity index is 1080. The van der Waals surface area contributed by atoms with E-state index < -0.39 is 18.6 Å². The molecule has 1 N–H and O–H groups in total. The Hall–Kier alpha value is -3.75. The predicted molar refractivity (Wildman–Crippen MR) is 124 cm³/mol. The molecule has 0 radical (unpaired) electrons. The monoisotopic (exact) mass is 481 g/mol. The van der Waals surface area contributed by atoms with Gasteiger partial charge in [-0.3, -0.25) is 14.5 Å². The van der Waals surface area contributed by atoms with E-state index in [0.29, 0.717) is 12.1 Å². The number of nitrogens with zero attached hydrogens (tertiary/aromatic N) is 2. The largest absolute Gasteiger partial charge is 0.452 e. The summed E-state index contributed by atoms with van der Waals surface area (Å²) in [5.41, 5.74) is 1.63. The Morgan fingerprint density at radius 2 is 1.77 bits per heavy atom. The lowest BCUT2D eigenvalue weighted by Gasteiger charge is -2.34. The summed E-state index contributed by atoms with van der Waals surface area (Å²) < 4.78 is 18.6. The van der Waals surface area contributed by atoms with E-state index in [4.69, 9.17) is 4.74 Å². The molecule has 2 aromatic carbocycles. The number of ether oxygens (including phenoxy) is 1. The number of esters is 1. The number of rotatable bonds is 8. The molecule has 35 heavy (non-hydrogen) atoms. The van der Waals surface area contributed by atoms with Crippen molar-refractivity contribution in [2.24, 2.45) is 0 Å². The van der Waals surface area contributed by atoms with Crippen LogP contribution in [0.4, 0.5) is 9.18 Å². The molecule has 4 rings (SSSR count). The normalized spacial score (nSPS) is 16.2. The van der Waals surface area contributed by atoms with Crippen LogP contribution in [0.15, 0.2) is 48.5 Å². The highest BCUT2D eigenvalue weighted by Crippen LogP contribution is 2.24. The highest BCUT2D eigenvalue weighted by Gasteiger charge is 2.29. The molecule has 0 unspecified atom stereocenters. The van der Waals surface area contributed by atoms with Crippen LogP contribution in [0.2, 0.25) is 0 Å².